The molecule has 0 amide bonds. The molecule has 0 aliphatic carbocycles. The first-order chi connectivity index (χ1) is 9.78. The number of rotatable bonds is 2. The molecule has 3 aromatic rings. The molecule has 0 aliphatic heterocycles. The van der Waals surface area contributed by atoms with Gasteiger partial charge < -0.3 is 11.1 Å². The fourth-order valence-electron chi connectivity index (χ4n) is 2.10. The molecule has 3 rings (SSSR count). The number of nitrogens with two attached hydrogens (primary N) is 1. The fourth-order valence-corrected chi connectivity index (χ4v) is 2.10. The number of hydrogen-bond donors (Lipinski definition) is 2. The number of nitriles is 1. The van der Waals surface area contributed by atoms with Crippen molar-refractivity contribution in [2.45, 2.75) is 0 Å². The fraction of sp³-hybridized carbons (Fsp3) is 0. The summed E-state index contributed by atoms with van der Waals surface area (Å²) in [5, 5.41) is 13.2. The van der Waals surface area contributed by atoms with E-state index in [0.717, 1.165) is 22.3 Å². The first kappa shape index (κ1) is 12.0. The van der Waals surface area contributed by atoms with Crippen molar-refractivity contribution in [1.29, 1.82) is 5.26 Å². The normalized spacial score (nSPS) is 10.2. The van der Waals surface area contributed by atoms with Gasteiger partial charge in [0.25, 0.3) is 0 Å². The first-order valence-electron chi connectivity index (χ1n) is 6.18. The summed E-state index contributed by atoms with van der Waals surface area (Å²) in [4.78, 5) is 4.39. The Balaban J connectivity index is 2.04. The van der Waals surface area contributed by atoms with Crippen molar-refractivity contribution in [3.05, 3.63) is 60.3 Å². The Morgan fingerprint density at radius 1 is 1.05 bits per heavy atom. The number of anilines is 3. The summed E-state index contributed by atoms with van der Waals surface area (Å²) in [5.41, 5.74) is 9.58. The van der Waals surface area contributed by atoms with Gasteiger partial charge in [-0.05, 0) is 30.3 Å². The Kier molecular flexibility index (Phi) is 2.94. The summed E-state index contributed by atoms with van der Waals surface area (Å²) in [6.07, 6.45) is 1.76. The zero-order chi connectivity index (χ0) is 13.9. The number of hydrogen-bond acceptors (Lipinski definition) is 4. The molecule has 0 saturated carbocycles. The molecule has 0 atom stereocenters. The lowest BCUT2D eigenvalue weighted by Crippen LogP contribution is -1.98. The molecule has 0 saturated heterocycles. The van der Waals surface area contributed by atoms with Crippen LogP contribution in [0.5, 0.6) is 0 Å². The molecule has 0 unspecified atom stereocenters. The summed E-state index contributed by atoms with van der Waals surface area (Å²) < 4.78 is 0. The molecule has 4 nitrogen and oxygen atoms in total. The van der Waals surface area contributed by atoms with Gasteiger partial charge in [0.05, 0.1) is 34.2 Å². The van der Waals surface area contributed by atoms with Gasteiger partial charge in [-0.2, -0.15) is 5.26 Å². The number of aromatic nitrogens is 1. The van der Waals surface area contributed by atoms with E-state index in [0.29, 0.717) is 11.3 Å². The summed E-state index contributed by atoms with van der Waals surface area (Å²) in [5.74, 6) is 0. The van der Waals surface area contributed by atoms with Crippen LogP contribution in [0.1, 0.15) is 5.56 Å². The van der Waals surface area contributed by atoms with Crippen LogP contribution in [0.3, 0.4) is 0 Å². The highest BCUT2D eigenvalue weighted by molar-refractivity contribution is 5.93. The second-order valence-corrected chi connectivity index (χ2v) is 4.42. The van der Waals surface area contributed by atoms with Crippen LogP contribution in [0.15, 0.2) is 54.7 Å². The van der Waals surface area contributed by atoms with Crippen LogP contribution in [0.25, 0.3) is 10.9 Å². The highest BCUT2D eigenvalue weighted by Crippen LogP contribution is 2.28. The maximum absolute atomic E-state index is 8.85. The van der Waals surface area contributed by atoms with Crippen molar-refractivity contribution < 1.29 is 0 Å². The SMILES string of the molecule is N#Cc1ccc(Nc2cccc3cccnc23)c(N)c1. The zero-order valence-electron chi connectivity index (χ0n) is 10.7. The summed E-state index contributed by atoms with van der Waals surface area (Å²) in [6.45, 7) is 0. The van der Waals surface area contributed by atoms with Crippen LogP contribution in [0, 0.1) is 11.3 Å². The monoisotopic (exact) mass is 260 g/mol. The lowest BCUT2D eigenvalue weighted by atomic mass is 10.1. The number of benzene rings is 2. The quantitative estimate of drug-likeness (QED) is 0.692. The highest BCUT2D eigenvalue weighted by atomic mass is 14.9. The van der Waals surface area contributed by atoms with Gasteiger partial charge in [0.1, 0.15) is 0 Å². The molecule has 0 radical (unpaired) electrons. The third kappa shape index (κ3) is 2.13. The van der Waals surface area contributed by atoms with Gasteiger partial charge >= 0.3 is 0 Å². The van der Waals surface area contributed by atoms with Gasteiger partial charge in [-0.15, -0.1) is 0 Å². The highest BCUT2D eigenvalue weighted by Gasteiger charge is 2.05. The third-order valence-corrected chi connectivity index (χ3v) is 3.08. The number of fused-ring (bicyclic) bond motifs is 1. The molecule has 0 aliphatic rings. The minimum atomic E-state index is 0.539. The zero-order valence-corrected chi connectivity index (χ0v) is 10.7. The Morgan fingerprint density at radius 3 is 2.70 bits per heavy atom. The van der Waals surface area contributed by atoms with Gasteiger partial charge in [0, 0.05) is 11.6 Å². The molecular weight excluding hydrogens is 248 g/mol. The van der Waals surface area contributed by atoms with Crippen molar-refractivity contribution >= 4 is 28.0 Å². The van der Waals surface area contributed by atoms with Crippen LogP contribution in [0.4, 0.5) is 17.1 Å². The van der Waals surface area contributed by atoms with Crippen molar-refractivity contribution in [2.75, 3.05) is 11.1 Å². The molecule has 4 heteroatoms. The molecule has 0 spiro atoms. The maximum Gasteiger partial charge on any atom is 0.0992 e. The van der Waals surface area contributed by atoms with E-state index in [9.17, 15) is 0 Å². The Morgan fingerprint density at radius 2 is 1.90 bits per heavy atom. The minimum Gasteiger partial charge on any atom is -0.397 e. The second-order valence-electron chi connectivity index (χ2n) is 4.42. The summed E-state index contributed by atoms with van der Waals surface area (Å²) in [7, 11) is 0. The molecule has 0 bridgehead atoms. The molecule has 20 heavy (non-hydrogen) atoms. The van der Waals surface area contributed by atoms with E-state index in [1.54, 1.807) is 24.4 Å². The first-order valence-corrected chi connectivity index (χ1v) is 6.18. The summed E-state index contributed by atoms with van der Waals surface area (Å²) >= 11 is 0. The van der Waals surface area contributed by atoms with Crippen molar-refractivity contribution in [3.63, 3.8) is 0 Å². The van der Waals surface area contributed by atoms with Crippen LogP contribution in [0.2, 0.25) is 0 Å². The molecule has 2 aromatic carbocycles. The average molecular weight is 260 g/mol. The van der Waals surface area contributed by atoms with Gasteiger partial charge in [0.2, 0.25) is 0 Å². The van der Waals surface area contributed by atoms with Crippen LogP contribution in [-0.4, -0.2) is 4.98 Å². The average Bonchev–Trinajstić information content (AvgIpc) is 2.49. The van der Waals surface area contributed by atoms with E-state index < -0.39 is 0 Å². The van der Waals surface area contributed by atoms with E-state index in [1.807, 2.05) is 30.3 Å². The van der Waals surface area contributed by atoms with Crippen molar-refractivity contribution in [1.82, 2.24) is 4.98 Å². The van der Waals surface area contributed by atoms with Crippen LogP contribution < -0.4 is 11.1 Å². The topological polar surface area (TPSA) is 74.7 Å². The Labute approximate surface area is 116 Å². The lowest BCUT2D eigenvalue weighted by molar-refractivity contribution is 1.40. The van der Waals surface area contributed by atoms with Crippen molar-refractivity contribution in [2.24, 2.45) is 0 Å². The Hall–Kier alpha value is -3.06. The summed E-state index contributed by atoms with van der Waals surface area (Å²) in [6, 6.07) is 17.1. The van der Waals surface area contributed by atoms with E-state index in [-0.39, 0.29) is 0 Å². The molecule has 1 aromatic heterocycles. The van der Waals surface area contributed by atoms with Crippen LogP contribution >= 0.6 is 0 Å². The number of nitrogens with zero attached hydrogens (tertiary/aromatic N) is 2. The van der Waals surface area contributed by atoms with Gasteiger partial charge in [-0.25, -0.2) is 0 Å². The molecule has 0 fully saturated rings. The molecular formula is C16H12N4. The van der Waals surface area contributed by atoms with E-state index in [2.05, 4.69) is 16.4 Å². The minimum absolute atomic E-state index is 0.539. The van der Waals surface area contributed by atoms with Gasteiger partial charge in [-0.3, -0.25) is 4.98 Å². The largest absolute Gasteiger partial charge is 0.397 e. The predicted molar refractivity (Wildman–Crippen MR) is 80.6 cm³/mol. The van der Waals surface area contributed by atoms with E-state index in [1.165, 1.54) is 0 Å². The van der Waals surface area contributed by atoms with E-state index >= 15 is 0 Å². The standard InChI is InChI=1S/C16H12N4/c17-10-11-6-7-14(13(18)9-11)20-15-5-1-3-12-4-2-8-19-16(12)15/h1-9,20H,18H2. The lowest BCUT2D eigenvalue weighted by Gasteiger charge is -2.11. The number of pyridine rings is 1. The Bertz CT molecular complexity index is 813. The van der Waals surface area contributed by atoms with Gasteiger partial charge in [-0.1, -0.05) is 18.2 Å². The third-order valence-electron chi connectivity index (χ3n) is 3.08. The number of nitrogen functional groups attached to an aromatic ring is 1. The molecule has 1 heterocycles. The van der Waals surface area contributed by atoms with E-state index in [4.69, 9.17) is 11.0 Å². The molecule has 3 N–H and O–H groups in total. The van der Waals surface area contributed by atoms with Crippen molar-refractivity contribution in [3.8, 4) is 6.07 Å². The predicted octanol–water partition coefficient (Wildman–Crippen LogP) is 3.43. The molecule has 96 valence electrons. The van der Waals surface area contributed by atoms with Crippen LogP contribution in [-0.2, 0) is 0 Å². The number of nitrogens with one attached hydrogen (secondary N) is 1. The maximum atomic E-state index is 8.85. The number of para-hydroxylation sites is 1. The smallest absolute Gasteiger partial charge is 0.0992 e. The van der Waals surface area contributed by atoms with Gasteiger partial charge in [0.15, 0.2) is 0 Å². The second kappa shape index (κ2) is 4.90.